The van der Waals surface area contributed by atoms with Crippen LogP contribution in [-0.2, 0) is 4.79 Å². The van der Waals surface area contributed by atoms with Gasteiger partial charge in [0.25, 0.3) is 0 Å². The molecule has 2 aromatic rings. The summed E-state index contributed by atoms with van der Waals surface area (Å²) in [6.07, 6.45) is 4.65. The minimum absolute atomic E-state index is 0.0570. The summed E-state index contributed by atoms with van der Waals surface area (Å²) in [7, 11) is 0. The first-order valence-electron chi connectivity index (χ1n) is 8.11. The molecule has 2 rings (SSSR count). The number of benzene rings is 1. The van der Waals surface area contributed by atoms with Crippen LogP contribution in [0.2, 0.25) is 0 Å². The van der Waals surface area contributed by atoms with Gasteiger partial charge in [-0.15, -0.1) is 0 Å². The van der Waals surface area contributed by atoms with Crippen molar-refractivity contribution in [2.24, 2.45) is 0 Å². The number of thioether (sulfide) groups is 1. The largest absolute Gasteiger partial charge is 0.355 e. The number of imidazole rings is 1. The Bertz CT molecular complexity index is 634. The summed E-state index contributed by atoms with van der Waals surface area (Å²) in [6, 6.07) is 8.49. The van der Waals surface area contributed by atoms with Crippen molar-refractivity contribution in [2.45, 2.75) is 50.4 Å². The van der Waals surface area contributed by atoms with Gasteiger partial charge in [-0.2, -0.15) is 0 Å². The Morgan fingerprint density at radius 3 is 2.57 bits per heavy atom. The highest BCUT2D eigenvalue weighted by molar-refractivity contribution is 8.00. The highest BCUT2D eigenvalue weighted by atomic mass is 32.2. The van der Waals surface area contributed by atoms with E-state index in [1.54, 1.807) is 6.20 Å². The van der Waals surface area contributed by atoms with Crippen molar-refractivity contribution in [3.8, 4) is 5.69 Å². The lowest BCUT2D eigenvalue weighted by molar-refractivity contribution is -0.120. The number of carbonyl (C=O) groups is 1. The molecule has 1 amide bonds. The zero-order chi connectivity index (χ0) is 16.8. The Kier molecular flexibility index (Phi) is 6.28. The zero-order valence-electron chi connectivity index (χ0n) is 14.2. The molecular formula is C18H25N3OS. The van der Waals surface area contributed by atoms with E-state index < -0.39 is 0 Å². The number of nitrogens with zero attached hydrogens (tertiary/aromatic N) is 2. The number of carbonyl (C=O) groups excluding carboxylic acids is 1. The third-order valence-electron chi connectivity index (χ3n) is 3.65. The van der Waals surface area contributed by atoms with E-state index in [4.69, 9.17) is 0 Å². The van der Waals surface area contributed by atoms with Gasteiger partial charge in [0.2, 0.25) is 5.91 Å². The molecule has 0 saturated heterocycles. The summed E-state index contributed by atoms with van der Waals surface area (Å²) in [5.74, 6) is 0.574. The van der Waals surface area contributed by atoms with Crippen molar-refractivity contribution in [1.82, 2.24) is 14.9 Å². The minimum Gasteiger partial charge on any atom is -0.355 e. The Hall–Kier alpha value is -1.75. The molecule has 23 heavy (non-hydrogen) atoms. The van der Waals surface area contributed by atoms with Gasteiger partial charge >= 0.3 is 0 Å². The van der Waals surface area contributed by atoms with E-state index in [1.807, 2.05) is 24.6 Å². The predicted molar refractivity (Wildman–Crippen MR) is 96.3 cm³/mol. The zero-order valence-corrected chi connectivity index (χ0v) is 15.1. The Morgan fingerprint density at radius 2 is 1.96 bits per heavy atom. The first kappa shape index (κ1) is 17.6. The fourth-order valence-electron chi connectivity index (χ4n) is 2.20. The summed E-state index contributed by atoms with van der Waals surface area (Å²) in [5.41, 5.74) is 2.38. The molecule has 4 nitrogen and oxygen atoms in total. The summed E-state index contributed by atoms with van der Waals surface area (Å²) >= 11 is 1.48. The van der Waals surface area contributed by atoms with Crippen molar-refractivity contribution in [1.29, 1.82) is 0 Å². The molecule has 1 N–H and O–H groups in total. The van der Waals surface area contributed by atoms with E-state index >= 15 is 0 Å². The fourth-order valence-corrected chi connectivity index (χ4v) is 3.10. The van der Waals surface area contributed by atoms with Crippen LogP contribution in [-0.4, -0.2) is 27.3 Å². The average molecular weight is 331 g/mol. The summed E-state index contributed by atoms with van der Waals surface area (Å²) in [6.45, 7) is 9.05. The van der Waals surface area contributed by atoms with Gasteiger partial charge in [0, 0.05) is 24.6 Å². The predicted octanol–water partition coefficient (Wildman–Crippen LogP) is 4.00. The van der Waals surface area contributed by atoms with Gasteiger partial charge in [-0.25, -0.2) is 4.98 Å². The Labute approximate surface area is 142 Å². The van der Waals surface area contributed by atoms with Crippen LogP contribution in [0, 0.1) is 0 Å². The maximum Gasteiger partial charge on any atom is 0.233 e. The van der Waals surface area contributed by atoms with Gasteiger partial charge in [-0.1, -0.05) is 44.7 Å². The van der Waals surface area contributed by atoms with Crippen LogP contribution in [0.5, 0.6) is 0 Å². The van der Waals surface area contributed by atoms with Crippen LogP contribution in [0.15, 0.2) is 41.8 Å². The van der Waals surface area contributed by atoms with E-state index in [9.17, 15) is 4.79 Å². The third kappa shape index (κ3) is 4.61. The SMILES string of the molecule is CCCNC(=O)C(C)Sc1nccn1-c1ccc(C(C)C)cc1. The molecule has 0 aliphatic heterocycles. The van der Waals surface area contributed by atoms with Gasteiger partial charge < -0.3 is 5.32 Å². The number of aromatic nitrogens is 2. The second-order valence-corrected chi connectivity index (χ2v) is 7.19. The molecule has 0 fully saturated rings. The molecule has 1 heterocycles. The Balaban J connectivity index is 2.11. The Morgan fingerprint density at radius 1 is 1.26 bits per heavy atom. The summed E-state index contributed by atoms with van der Waals surface area (Å²) < 4.78 is 2.03. The second-order valence-electron chi connectivity index (χ2n) is 5.88. The van der Waals surface area contributed by atoms with E-state index in [2.05, 4.69) is 48.4 Å². The smallest absolute Gasteiger partial charge is 0.233 e. The van der Waals surface area contributed by atoms with Crippen molar-refractivity contribution in [2.75, 3.05) is 6.54 Å². The second kappa shape index (κ2) is 8.20. The van der Waals surface area contributed by atoms with Crippen LogP contribution in [0.4, 0.5) is 0 Å². The first-order chi connectivity index (χ1) is 11.0. The van der Waals surface area contributed by atoms with E-state index in [0.29, 0.717) is 5.92 Å². The normalized spacial score (nSPS) is 12.4. The summed E-state index contributed by atoms with van der Waals surface area (Å²) in [5, 5.41) is 3.59. The van der Waals surface area contributed by atoms with Crippen LogP contribution >= 0.6 is 11.8 Å². The highest BCUT2D eigenvalue weighted by Gasteiger charge is 2.17. The fraction of sp³-hybridized carbons (Fsp3) is 0.444. The van der Waals surface area contributed by atoms with Crippen LogP contribution in [0.25, 0.3) is 5.69 Å². The number of hydrogen-bond acceptors (Lipinski definition) is 3. The van der Waals surface area contributed by atoms with E-state index in [-0.39, 0.29) is 11.2 Å². The molecular weight excluding hydrogens is 306 g/mol. The number of nitrogens with one attached hydrogen (secondary N) is 1. The van der Waals surface area contributed by atoms with Crippen molar-refractivity contribution >= 4 is 17.7 Å². The van der Waals surface area contributed by atoms with Crippen molar-refractivity contribution in [3.05, 3.63) is 42.2 Å². The molecule has 1 atom stereocenters. The molecule has 1 unspecified atom stereocenters. The highest BCUT2D eigenvalue weighted by Crippen LogP contribution is 2.25. The molecule has 0 aliphatic carbocycles. The monoisotopic (exact) mass is 331 g/mol. The average Bonchev–Trinajstić information content (AvgIpc) is 3.00. The molecule has 124 valence electrons. The van der Waals surface area contributed by atoms with Gasteiger partial charge in [0.1, 0.15) is 0 Å². The van der Waals surface area contributed by atoms with Crippen LogP contribution < -0.4 is 5.32 Å². The maximum atomic E-state index is 12.0. The van der Waals surface area contributed by atoms with Crippen LogP contribution in [0.1, 0.15) is 45.6 Å². The molecule has 1 aromatic carbocycles. The molecule has 5 heteroatoms. The lowest BCUT2D eigenvalue weighted by atomic mass is 10.0. The standard InChI is InChI=1S/C18H25N3OS/c1-5-10-19-17(22)14(4)23-18-20-11-12-21(18)16-8-6-15(7-9-16)13(2)3/h6-9,11-14H,5,10H2,1-4H3,(H,19,22). The molecule has 0 bridgehead atoms. The number of amides is 1. The molecule has 0 radical (unpaired) electrons. The van der Waals surface area contributed by atoms with Gasteiger partial charge in [0.05, 0.1) is 5.25 Å². The minimum atomic E-state index is -0.169. The maximum absolute atomic E-state index is 12.0. The van der Waals surface area contributed by atoms with E-state index in [0.717, 1.165) is 23.8 Å². The van der Waals surface area contributed by atoms with Crippen molar-refractivity contribution in [3.63, 3.8) is 0 Å². The summed E-state index contributed by atoms with van der Waals surface area (Å²) in [4.78, 5) is 16.4. The van der Waals surface area contributed by atoms with Gasteiger partial charge in [-0.05, 0) is 37.0 Å². The van der Waals surface area contributed by atoms with E-state index in [1.165, 1.54) is 17.3 Å². The molecule has 0 aliphatic rings. The molecule has 1 aromatic heterocycles. The lowest BCUT2D eigenvalue weighted by Crippen LogP contribution is -2.31. The number of hydrogen-bond donors (Lipinski definition) is 1. The number of rotatable bonds is 7. The van der Waals surface area contributed by atoms with Gasteiger partial charge in [0.15, 0.2) is 5.16 Å². The molecule has 0 saturated carbocycles. The lowest BCUT2D eigenvalue weighted by Gasteiger charge is -2.13. The third-order valence-corrected chi connectivity index (χ3v) is 4.73. The molecule has 0 spiro atoms. The first-order valence-corrected chi connectivity index (χ1v) is 8.99. The quantitative estimate of drug-likeness (QED) is 0.780. The van der Waals surface area contributed by atoms with Gasteiger partial charge in [-0.3, -0.25) is 9.36 Å². The van der Waals surface area contributed by atoms with Crippen LogP contribution in [0.3, 0.4) is 0 Å². The van der Waals surface area contributed by atoms with Crippen molar-refractivity contribution < 1.29 is 4.79 Å². The topological polar surface area (TPSA) is 46.9 Å².